The van der Waals surface area contributed by atoms with Crippen LogP contribution >= 0.6 is 0 Å². The molecular formula is C21H27NO3. The summed E-state index contributed by atoms with van der Waals surface area (Å²) in [5.41, 5.74) is 1.28. The molecule has 2 rings (SSSR count). The molecule has 0 aliphatic heterocycles. The monoisotopic (exact) mass is 341 g/mol. The summed E-state index contributed by atoms with van der Waals surface area (Å²) < 4.78 is 11.0. The summed E-state index contributed by atoms with van der Waals surface area (Å²) in [4.78, 5) is 12.5. The van der Waals surface area contributed by atoms with Crippen LogP contribution in [0.3, 0.4) is 0 Å². The number of carbonyl (C=O) groups is 1. The van der Waals surface area contributed by atoms with Gasteiger partial charge in [0.1, 0.15) is 11.5 Å². The Kier molecular flexibility index (Phi) is 7.33. The Morgan fingerprint density at radius 3 is 2.48 bits per heavy atom. The molecule has 2 aromatic rings. The maximum atomic E-state index is 12.5. The highest BCUT2D eigenvalue weighted by atomic mass is 16.5. The SMILES string of the molecule is CC[C@H](Oc1cccc(OC)c1)C(=O)N[C@H](C)CCc1ccccc1. The zero-order valence-electron chi connectivity index (χ0n) is 15.2. The van der Waals surface area contributed by atoms with Crippen LogP contribution in [0.5, 0.6) is 11.5 Å². The molecule has 134 valence electrons. The summed E-state index contributed by atoms with van der Waals surface area (Å²) in [6.07, 6.45) is 1.93. The minimum absolute atomic E-state index is 0.0779. The number of methoxy groups -OCH3 is 1. The Morgan fingerprint density at radius 1 is 1.08 bits per heavy atom. The van der Waals surface area contributed by atoms with Gasteiger partial charge in [-0.25, -0.2) is 0 Å². The van der Waals surface area contributed by atoms with Crippen LogP contribution in [0.25, 0.3) is 0 Å². The number of amides is 1. The number of benzene rings is 2. The van der Waals surface area contributed by atoms with Crippen LogP contribution in [-0.2, 0) is 11.2 Å². The number of nitrogens with one attached hydrogen (secondary N) is 1. The van der Waals surface area contributed by atoms with Crippen LogP contribution in [0.4, 0.5) is 0 Å². The van der Waals surface area contributed by atoms with Crippen LogP contribution in [0.1, 0.15) is 32.3 Å². The van der Waals surface area contributed by atoms with Crippen LogP contribution in [0.2, 0.25) is 0 Å². The van der Waals surface area contributed by atoms with E-state index in [4.69, 9.17) is 9.47 Å². The average Bonchev–Trinajstić information content (AvgIpc) is 2.65. The highest BCUT2D eigenvalue weighted by Crippen LogP contribution is 2.20. The number of hydrogen-bond acceptors (Lipinski definition) is 3. The first-order valence-corrected chi connectivity index (χ1v) is 8.77. The van der Waals surface area contributed by atoms with Crippen molar-refractivity contribution in [2.45, 2.75) is 45.3 Å². The van der Waals surface area contributed by atoms with E-state index in [9.17, 15) is 4.79 Å². The summed E-state index contributed by atoms with van der Waals surface area (Å²) in [6.45, 7) is 3.97. The fraction of sp³-hybridized carbons (Fsp3) is 0.381. The fourth-order valence-electron chi connectivity index (χ4n) is 2.60. The predicted octanol–water partition coefficient (Wildman–Crippen LogP) is 3.99. The van der Waals surface area contributed by atoms with Gasteiger partial charge in [0.2, 0.25) is 0 Å². The van der Waals surface area contributed by atoms with Gasteiger partial charge < -0.3 is 14.8 Å². The second kappa shape index (κ2) is 9.72. The third-order valence-corrected chi connectivity index (χ3v) is 4.08. The van der Waals surface area contributed by atoms with E-state index in [0.717, 1.165) is 12.8 Å². The molecule has 0 radical (unpaired) electrons. The van der Waals surface area contributed by atoms with Crippen molar-refractivity contribution in [3.8, 4) is 11.5 Å². The van der Waals surface area contributed by atoms with Crippen molar-refractivity contribution in [3.63, 3.8) is 0 Å². The van der Waals surface area contributed by atoms with E-state index >= 15 is 0 Å². The largest absolute Gasteiger partial charge is 0.497 e. The van der Waals surface area contributed by atoms with Crippen molar-refractivity contribution >= 4 is 5.91 Å². The highest BCUT2D eigenvalue weighted by molar-refractivity contribution is 5.81. The van der Waals surface area contributed by atoms with E-state index in [1.54, 1.807) is 13.2 Å². The van der Waals surface area contributed by atoms with Gasteiger partial charge in [0.15, 0.2) is 6.10 Å². The van der Waals surface area contributed by atoms with Gasteiger partial charge in [0.25, 0.3) is 5.91 Å². The molecule has 0 aliphatic carbocycles. The van der Waals surface area contributed by atoms with Crippen LogP contribution in [-0.4, -0.2) is 25.2 Å². The Balaban J connectivity index is 1.85. The summed E-state index contributed by atoms with van der Waals surface area (Å²) >= 11 is 0. The molecule has 0 aliphatic rings. The van der Waals surface area contributed by atoms with Crippen LogP contribution in [0, 0.1) is 0 Å². The Morgan fingerprint density at radius 2 is 1.80 bits per heavy atom. The van der Waals surface area contributed by atoms with E-state index in [2.05, 4.69) is 17.4 Å². The van der Waals surface area contributed by atoms with E-state index in [1.165, 1.54) is 5.56 Å². The van der Waals surface area contributed by atoms with Crippen LogP contribution < -0.4 is 14.8 Å². The number of ether oxygens (including phenoxy) is 2. The summed E-state index contributed by atoms with van der Waals surface area (Å²) in [5, 5.41) is 3.05. The lowest BCUT2D eigenvalue weighted by atomic mass is 10.1. The molecule has 2 aromatic carbocycles. The molecule has 1 N–H and O–H groups in total. The summed E-state index contributed by atoms with van der Waals surface area (Å²) in [7, 11) is 1.61. The van der Waals surface area contributed by atoms with Crippen molar-refractivity contribution in [1.82, 2.24) is 5.32 Å². The molecule has 0 heterocycles. The minimum Gasteiger partial charge on any atom is -0.497 e. The molecule has 0 saturated carbocycles. The maximum absolute atomic E-state index is 12.5. The lowest BCUT2D eigenvalue weighted by molar-refractivity contribution is -0.128. The minimum atomic E-state index is -0.508. The van der Waals surface area contributed by atoms with E-state index in [-0.39, 0.29) is 11.9 Å². The Bertz CT molecular complexity index is 657. The fourth-order valence-corrected chi connectivity index (χ4v) is 2.60. The molecule has 2 atom stereocenters. The second-order valence-corrected chi connectivity index (χ2v) is 6.13. The molecule has 0 aromatic heterocycles. The molecule has 0 fully saturated rings. The van der Waals surface area contributed by atoms with Gasteiger partial charge in [-0.05, 0) is 43.9 Å². The third kappa shape index (κ3) is 6.14. The van der Waals surface area contributed by atoms with Crippen molar-refractivity contribution in [2.75, 3.05) is 7.11 Å². The zero-order valence-corrected chi connectivity index (χ0v) is 15.2. The standard InChI is InChI=1S/C21H27NO3/c1-4-20(25-19-12-8-11-18(15-19)24-3)21(23)22-16(2)13-14-17-9-6-5-7-10-17/h5-12,15-16,20H,4,13-14H2,1-3H3,(H,22,23)/t16-,20+/m1/s1. The molecule has 0 saturated heterocycles. The molecule has 4 heteroatoms. The van der Waals surface area contributed by atoms with Crippen molar-refractivity contribution in [3.05, 3.63) is 60.2 Å². The van der Waals surface area contributed by atoms with E-state index < -0.39 is 6.10 Å². The normalized spacial score (nSPS) is 12.9. The van der Waals surface area contributed by atoms with Gasteiger partial charge in [-0.15, -0.1) is 0 Å². The zero-order chi connectivity index (χ0) is 18.1. The van der Waals surface area contributed by atoms with Gasteiger partial charge >= 0.3 is 0 Å². The maximum Gasteiger partial charge on any atom is 0.261 e. The average molecular weight is 341 g/mol. The smallest absolute Gasteiger partial charge is 0.261 e. The summed E-state index contributed by atoms with van der Waals surface area (Å²) in [5.74, 6) is 1.27. The van der Waals surface area contributed by atoms with Gasteiger partial charge in [-0.3, -0.25) is 4.79 Å². The van der Waals surface area contributed by atoms with Crippen molar-refractivity contribution in [2.24, 2.45) is 0 Å². The third-order valence-electron chi connectivity index (χ3n) is 4.08. The van der Waals surface area contributed by atoms with Gasteiger partial charge in [0.05, 0.1) is 7.11 Å². The predicted molar refractivity (Wildman–Crippen MR) is 100 cm³/mol. The van der Waals surface area contributed by atoms with E-state index in [1.807, 2.05) is 50.2 Å². The lowest BCUT2D eigenvalue weighted by Crippen LogP contribution is -2.42. The molecule has 0 bridgehead atoms. The first-order valence-electron chi connectivity index (χ1n) is 8.77. The van der Waals surface area contributed by atoms with Gasteiger partial charge in [-0.2, -0.15) is 0 Å². The van der Waals surface area contributed by atoms with Crippen molar-refractivity contribution in [1.29, 1.82) is 0 Å². The number of rotatable bonds is 9. The first kappa shape index (κ1) is 18.8. The highest BCUT2D eigenvalue weighted by Gasteiger charge is 2.20. The van der Waals surface area contributed by atoms with Crippen molar-refractivity contribution < 1.29 is 14.3 Å². The quantitative estimate of drug-likeness (QED) is 0.750. The molecule has 25 heavy (non-hydrogen) atoms. The lowest BCUT2D eigenvalue weighted by Gasteiger charge is -2.21. The van der Waals surface area contributed by atoms with Gasteiger partial charge in [0, 0.05) is 12.1 Å². The van der Waals surface area contributed by atoms with E-state index in [0.29, 0.717) is 17.9 Å². The molecule has 4 nitrogen and oxygen atoms in total. The first-order chi connectivity index (χ1) is 12.1. The number of aryl methyl sites for hydroxylation is 1. The Hall–Kier alpha value is -2.49. The molecule has 1 amide bonds. The Labute approximate surface area is 150 Å². The summed E-state index contributed by atoms with van der Waals surface area (Å²) in [6, 6.07) is 17.7. The molecular weight excluding hydrogens is 314 g/mol. The molecule has 0 spiro atoms. The number of carbonyl (C=O) groups excluding carboxylic acids is 1. The van der Waals surface area contributed by atoms with Crippen LogP contribution in [0.15, 0.2) is 54.6 Å². The topological polar surface area (TPSA) is 47.6 Å². The number of hydrogen-bond donors (Lipinski definition) is 1. The molecule has 0 unspecified atom stereocenters. The van der Waals surface area contributed by atoms with Gasteiger partial charge in [-0.1, -0.05) is 43.3 Å². The second-order valence-electron chi connectivity index (χ2n) is 6.13.